The molecule has 0 saturated heterocycles. The predicted molar refractivity (Wildman–Crippen MR) is 69.9 cm³/mol. The molecular weight excluding hydrogens is 194 g/mol. The molecule has 0 spiro atoms. The maximum atomic E-state index is 4.38. The molecule has 84 valence electrons. The molecule has 0 aliphatic rings. The van der Waals surface area contributed by atoms with Crippen LogP contribution >= 0.6 is 0 Å². The van der Waals surface area contributed by atoms with E-state index >= 15 is 0 Å². The lowest BCUT2D eigenvalue weighted by Crippen LogP contribution is -1.95. The van der Waals surface area contributed by atoms with Crippen LogP contribution in [0.25, 0.3) is 10.8 Å². The highest BCUT2D eigenvalue weighted by Gasteiger charge is 2.09. The zero-order chi connectivity index (χ0) is 11.7. The lowest BCUT2D eigenvalue weighted by Gasteiger charge is -2.13. The van der Waals surface area contributed by atoms with E-state index in [0.29, 0.717) is 11.8 Å². The molecule has 0 bridgehead atoms. The van der Waals surface area contributed by atoms with Crippen LogP contribution in [0.3, 0.4) is 0 Å². The lowest BCUT2D eigenvalue weighted by atomic mass is 9.92. The maximum Gasteiger partial charge on any atom is 0.0349 e. The van der Waals surface area contributed by atoms with Crippen molar-refractivity contribution in [3.8, 4) is 0 Å². The minimum absolute atomic E-state index is 0.526. The highest BCUT2D eigenvalue weighted by Crippen LogP contribution is 2.29. The van der Waals surface area contributed by atoms with Gasteiger partial charge >= 0.3 is 0 Å². The van der Waals surface area contributed by atoms with Crippen LogP contribution in [-0.2, 0) is 0 Å². The van der Waals surface area contributed by atoms with E-state index in [-0.39, 0.29) is 0 Å². The highest BCUT2D eigenvalue weighted by molar-refractivity contribution is 5.88. The highest BCUT2D eigenvalue weighted by atomic mass is 14.6. The monoisotopic (exact) mass is 213 g/mol. The third-order valence-electron chi connectivity index (χ3n) is 3.11. The Labute approximate surface area is 97.5 Å². The maximum absolute atomic E-state index is 4.38. The topological polar surface area (TPSA) is 12.9 Å². The van der Waals surface area contributed by atoms with Crippen LogP contribution in [0.4, 0.5) is 0 Å². The summed E-state index contributed by atoms with van der Waals surface area (Å²) in [5.41, 5.74) is 2.74. The van der Waals surface area contributed by atoms with E-state index in [0.717, 1.165) is 0 Å². The smallest absolute Gasteiger partial charge is 0.0349 e. The van der Waals surface area contributed by atoms with Crippen LogP contribution in [0.2, 0.25) is 0 Å². The normalized spacial score (nSPS) is 11.6. The second kappa shape index (κ2) is 4.25. The molecule has 0 unspecified atom stereocenters. The number of rotatable bonds is 2. The van der Waals surface area contributed by atoms with Crippen LogP contribution in [0.5, 0.6) is 0 Å². The van der Waals surface area contributed by atoms with Crippen LogP contribution < -0.4 is 0 Å². The molecule has 1 nitrogen and oxygen atoms in total. The Morgan fingerprint density at radius 3 is 2.12 bits per heavy atom. The van der Waals surface area contributed by atoms with Gasteiger partial charge in [0.1, 0.15) is 0 Å². The molecule has 0 atom stereocenters. The second-order valence-corrected chi connectivity index (χ2v) is 4.98. The summed E-state index contributed by atoms with van der Waals surface area (Å²) < 4.78 is 0. The standard InChI is InChI=1S/C15H19N/c1-10(2)12-6-5-7-13-14(11(3)4)8-16-9-15(12)13/h5-11H,1-4H3. The quantitative estimate of drug-likeness (QED) is 0.716. The summed E-state index contributed by atoms with van der Waals surface area (Å²) in [6.45, 7) is 8.91. The molecule has 1 aromatic heterocycles. The lowest BCUT2D eigenvalue weighted by molar-refractivity contribution is 0.861. The summed E-state index contributed by atoms with van der Waals surface area (Å²) >= 11 is 0. The Hall–Kier alpha value is -1.37. The van der Waals surface area contributed by atoms with E-state index in [9.17, 15) is 0 Å². The van der Waals surface area contributed by atoms with Gasteiger partial charge in [-0.1, -0.05) is 45.9 Å². The Bertz CT molecular complexity index is 451. The second-order valence-electron chi connectivity index (χ2n) is 4.98. The van der Waals surface area contributed by atoms with Crippen LogP contribution in [0, 0.1) is 0 Å². The first kappa shape index (κ1) is 11.1. The number of benzene rings is 1. The zero-order valence-electron chi connectivity index (χ0n) is 10.5. The predicted octanol–water partition coefficient (Wildman–Crippen LogP) is 4.48. The van der Waals surface area contributed by atoms with E-state index in [4.69, 9.17) is 0 Å². The Morgan fingerprint density at radius 2 is 1.50 bits per heavy atom. The van der Waals surface area contributed by atoms with Crippen molar-refractivity contribution in [1.29, 1.82) is 0 Å². The molecule has 16 heavy (non-hydrogen) atoms. The minimum atomic E-state index is 0.526. The van der Waals surface area contributed by atoms with Crippen LogP contribution in [0.1, 0.15) is 50.7 Å². The van der Waals surface area contributed by atoms with Crippen molar-refractivity contribution in [3.63, 3.8) is 0 Å². The van der Waals surface area contributed by atoms with Gasteiger partial charge in [0, 0.05) is 17.8 Å². The molecule has 1 heterocycles. The number of hydrogen-bond acceptors (Lipinski definition) is 1. The third kappa shape index (κ3) is 1.82. The van der Waals surface area contributed by atoms with E-state index in [1.807, 2.05) is 12.4 Å². The summed E-state index contributed by atoms with van der Waals surface area (Å²) in [6.07, 6.45) is 3.99. The molecule has 0 amide bonds. The van der Waals surface area contributed by atoms with Crippen molar-refractivity contribution in [2.24, 2.45) is 0 Å². The molecule has 0 aliphatic heterocycles. The molecular formula is C15H19N. The average molecular weight is 213 g/mol. The number of aromatic nitrogens is 1. The summed E-state index contributed by atoms with van der Waals surface area (Å²) in [4.78, 5) is 4.38. The van der Waals surface area contributed by atoms with Gasteiger partial charge in [0.05, 0.1) is 0 Å². The van der Waals surface area contributed by atoms with Crippen molar-refractivity contribution in [2.75, 3.05) is 0 Å². The first-order valence-corrected chi connectivity index (χ1v) is 5.97. The van der Waals surface area contributed by atoms with Gasteiger partial charge < -0.3 is 0 Å². The molecule has 1 heteroatoms. The minimum Gasteiger partial charge on any atom is -0.264 e. The van der Waals surface area contributed by atoms with Gasteiger partial charge in [0.15, 0.2) is 0 Å². The van der Waals surface area contributed by atoms with Crippen molar-refractivity contribution in [1.82, 2.24) is 4.98 Å². The number of fused-ring (bicyclic) bond motifs is 1. The first-order valence-electron chi connectivity index (χ1n) is 5.97. The van der Waals surface area contributed by atoms with Gasteiger partial charge in [-0.05, 0) is 28.3 Å². The zero-order valence-corrected chi connectivity index (χ0v) is 10.5. The SMILES string of the molecule is CC(C)c1cncc2c(C(C)C)cccc12. The number of pyridine rings is 1. The van der Waals surface area contributed by atoms with Crippen molar-refractivity contribution < 1.29 is 0 Å². The molecule has 1 aromatic carbocycles. The number of nitrogens with zero attached hydrogens (tertiary/aromatic N) is 1. The number of hydrogen-bond donors (Lipinski definition) is 0. The molecule has 0 N–H and O–H groups in total. The molecule has 2 rings (SSSR count). The summed E-state index contributed by atoms with van der Waals surface area (Å²) in [6, 6.07) is 6.57. The van der Waals surface area contributed by atoms with Crippen molar-refractivity contribution >= 4 is 10.8 Å². The van der Waals surface area contributed by atoms with Gasteiger partial charge in [-0.15, -0.1) is 0 Å². The summed E-state index contributed by atoms with van der Waals surface area (Å²) in [5, 5.41) is 2.67. The Kier molecular flexibility index (Phi) is 2.95. The van der Waals surface area contributed by atoms with E-state index in [1.165, 1.54) is 21.9 Å². The average Bonchev–Trinajstić information content (AvgIpc) is 2.27. The Balaban J connectivity index is 2.76. The molecule has 0 radical (unpaired) electrons. The largest absolute Gasteiger partial charge is 0.264 e. The van der Waals surface area contributed by atoms with Gasteiger partial charge in [0.25, 0.3) is 0 Å². The molecule has 0 saturated carbocycles. The third-order valence-corrected chi connectivity index (χ3v) is 3.11. The van der Waals surface area contributed by atoms with Gasteiger partial charge in [0.2, 0.25) is 0 Å². The van der Waals surface area contributed by atoms with Gasteiger partial charge in [-0.25, -0.2) is 0 Å². The molecule has 2 aromatic rings. The first-order chi connectivity index (χ1) is 7.61. The van der Waals surface area contributed by atoms with Crippen molar-refractivity contribution in [3.05, 3.63) is 41.7 Å². The summed E-state index contributed by atoms with van der Waals surface area (Å²) in [5.74, 6) is 1.08. The molecule has 0 fully saturated rings. The van der Waals surface area contributed by atoms with Gasteiger partial charge in [-0.3, -0.25) is 4.98 Å². The van der Waals surface area contributed by atoms with Crippen molar-refractivity contribution in [2.45, 2.75) is 39.5 Å². The fraction of sp³-hybridized carbons (Fsp3) is 0.400. The van der Waals surface area contributed by atoms with Crippen LogP contribution in [-0.4, -0.2) is 4.98 Å². The fourth-order valence-electron chi connectivity index (χ4n) is 2.20. The van der Waals surface area contributed by atoms with E-state index in [2.05, 4.69) is 50.9 Å². The Morgan fingerprint density at radius 1 is 0.812 bits per heavy atom. The van der Waals surface area contributed by atoms with E-state index < -0.39 is 0 Å². The fourth-order valence-corrected chi connectivity index (χ4v) is 2.20. The summed E-state index contributed by atoms with van der Waals surface area (Å²) in [7, 11) is 0. The van der Waals surface area contributed by atoms with Crippen LogP contribution in [0.15, 0.2) is 30.6 Å². The van der Waals surface area contributed by atoms with Gasteiger partial charge in [-0.2, -0.15) is 0 Å². The molecule has 0 aliphatic carbocycles. The van der Waals surface area contributed by atoms with E-state index in [1.54, 1.807) is 0 Å².